The zero-order chi connectivity index (χ0) is 30.0. The number of hydrogen-bond acceptors (Lipinski definition) is 7. The molecular weight excluding hydrogens is 708 g/mol. The molecule has 0 amide bonds. The lowest BCUT2D eigenvalue weighted by Gasteiger charge is -2.25. The van der Waals surface area contributed by atoms with Crippen LogP contribution >= 0.6 is 54.8 Å². The van der Waals surface area contributed by atoms with E-state index < -0.39 is 12.0 Å². The largest absolute Gasteiger partial charge is 0.496 e. The maximum Gasteiger partial charge on any atom is 0.338 e. The van der Waals surface area contributed by atoms with Crippen LogP contribution in [0.2, 0.25) is 5.02 Å². The second kappa shape index (κ2) is 13.0. The number of halogens is 3. The van der Waals surface area contributed by atoms with Crippen molar-refractivity contribution in [2.75, 3.05) is 13.7 Å². The lowest BCUT2D eigenvalue weighted by Crippen LogP contribution is -2.39. The molecule has 5 rings (SSSR count). The summed E-state index contributed by atoms with van der Waals surface area (Å²) >= 11 is 14.6. The summed E-state index contributed by atoms with van der Waals surface area (Å²) < 4.78 is 20.2. The highest BCUT2D eigenvalue weighted by atomic mass is 79.9. The SMILES string of the molecule is CCOC(=O)C1=C(C)N=c2s/c(=C/c3ccc(OCc4ccccc4Cl)c(Br)c3)c(=O)n2[C@H]1c1ccc(OC)c(Br)c1. The fourth-order valence-electron chi connectivity index (χ4n) is 4.61. The predicted octanol–water partition coefficient (Wildman–Crippen LogP) is 6.56. The molecule has 42 heavy (non-hydrogen) atoms. The summed E-state index contributed by atoms with van der Waals surface area (Å²) in [5.74, 6) is 0.768. The monoisotopic (exact) mass is 730 g/mol. The van der Waals surface area contributed by atoms with Gasteiger partial charge in [-0.05, 0) is 93.2 Å². The maximum absolute atomic E-state index is 13.9. The molecule has 0 saturated carbocycles. The minimum absolute atomic E-state index is 0.200. The average molecular weight is 733 g/mol. The van der Waals surface area contributed by atoms with Crippen molar-refractivity contribution in [3.05, 3.63) is 122 Å². The minimum atomic E-state index is -0.725. The molecular formula is C31H25Br2ClN2O5S. The van der Waals surface area contributed by atoms with Gasteiger partial charge in [-0.1, -0.05) is 53.3 Å². The molecule has 2 heterocycles. The van der Waals surface area contributed by atoms with Gasteiger partial charge >= 0.3 is 5.97 Å². The van der Waals surface area contributed by atoms with Gasteiger partial charge < -0.3 is 14.2 Å². The number of carbonyl (C=O) groups excluding carboxylic acids is 1. The van der Waals surface area contributed by atoms with Crippen molar-refractivity contribution in [1.29, 1.82) is 0 Å². The first-order valence-electron chi connectivity index (χ1n) is 12.9. The Morgan fingerprint density at radius 2 is 1.83 bits per heavy atom. The van der Waals surface area contributed by atoms with Crippen LogP contribution in [-0.4, -0.2) is 24.3 Å². The summed E-state index contributed by atoms with van der Waals surface area (Å²) in [6, 6.07) is 17.9. The number of rotatable bonds is 8. The van der Waals surface area contributed by atoms with E-state index in [9.17, 15) is 9.59 Å². The molecule has 1 atom stereocenters. The molecule has 0 N–H and O–H groups in total. The Kier molecular flexibility index (Phi) is 9.37. The van der Waals surface area contributed by atoms with Crippen molar-refractivity contribution in [2.45, 2.75) is 26.5 Å². The smallest absolute Gasteiger partial charge is 0.338 e. The maximum atomic E-state index is 13.9. The molecule has 11 heteroatoms. The number of aromatic nitrogens is 1. The molecule has 0 unspecified atom stereocenters. The van der Waals surface area contributed by atoms with Crippen LogP contribution in [0.15, 0.2) is 90.7 Å². The molecule has 0 fully saturated rings. The van der Waals surface area contributed by atoms with Crippen molar-refractivity contribution in [3.63, 3.8) is 0 Å². The van der Waals surface area contributed by atoms with E-state index in [1.54, 1.807) is 37.7 Å². The Morgan fingerprint density at radius 3 is 2.52 bits per heavy atom. The number of esters is 1. The van der Waals surface area contributed by atoms with E-state index in [1.807, 2.05) is 54.6 Å². The van der Waals surface area contributed by atoms with E-state index in [1.165, 1.54) is 11.3 Å². The second-order valence-corrected chi connectivity index (χ2v) is 12.4. The number of fused-ring (bicyclic) bond motifs is 1. The van der Waals surface area contributed by atoms with E-state index in [4.69, 9.17) is 25.8 Å². The van der Waals surface area contributed by atoms with Crippen molar-refractivity contribution in [3.8, 4) is 11.5 Å². The fourth-order valence-corrected chi connectivity index (χ4v) is 6.91. The third-order valence-electron chi connectivity index (χ3n) is 6.60. The number of benzene rings is 3. The fraction of sp³-hybridized carbons (Fsp3) is 0.194. The Bertz CT molecular complexity index is 1900. The molecule has 4 aromatic rings. The van der Waals surface area contributed by atoms with Crippen molar-refractivity contribution >= 4 is 66.8 Å². The topological polar surface area (TPSA) is 79.1 Å². The average Bonchev–Trinajstić information content (AvgIpc) is 3.26. The van der Waals surface area contributed by atoms with Crippen LogP contribution in [0.3, 0.4) is 0 Å². The molecule has 1 aromatic heterocycles. The van der Waals surface area contributed by atoms with Crippen LogP contribution in [0.1, 0.15) is 36.6 Å². The van der Waals surface area contributed by atoms with Gasteiger partial charge in [0.2, 0.25) is 0 Å². The van der Waals surface area contributed by atoms with Gasteiger partial charge in [0.15, 0.2) is 4.80 Å². The van der Waals surface area contributed by atoms with Gasteiger partial charge in [0.25, 0.3) is 5.56 Å². The third-order valence-corrected chi connectivity index (χ3v) is 9.19. The zero-order valence-electron chi connectivity index (χ0n) is 22.8. The number of thiazole rings is 1. The van der Waals surface area contributed by atoms with E-state index >= 15 is 0 Å². The Hall–Kier alpha value is -3.18. The number of carbonyl (C=O) groups is 1. The van der Waals surface area contributed by atoms with Crippen LogP contribution in [-0.2, 0) is 16.1 Å². The van der Waals surface area contributed by atoms with Gasteiger partial charge in [0.05, 0.1) is 44.5 Å². The predicted molar refractivity (Wildman–Crippen MR) is 171 cm³/mol. The zero-order valence-corrected chi connectivity index (χ0v) is 27.6. The highest BCUT2D eigenvalue weighted by Crippen LogP contribution is 2.35. The quantitative estimate of drug-likeness (QED) is 0.192. The molecule has 0 spiro atoms. The Labute approximate surface area is 268 Å². The standard InChI is InChI=1S/C31H25Br2ClN2O5S/c1-4-40-30(38)27-17(2)35-31-36(28(27)19-10-12-24(39-3)22(33)15-19)29(37)26(42-31)14-18-9-11-25(21(32)13-18)41-16-20-7-5-6-8-23(20)34/h5-15,28H,4,16H2,1-3H3/b26-14+/t28-/m0/s1. The molecule has 3 aromatic carbocycles. The van der Waals surface area contributed by atoms with Gasteiger partial charge in [-0.25, -0.2) is 9.79 Å². The molecule has 0 aliphatic carbocycles. The lowest BCUT2D eigenvalue weighted by atomic mass is 9.96. The summed E-state index contributed by atoms with van der Waals surface area (Å²) in [5, 5.41) is 0.641. The molecule has 1 aliphatic rings. The Balaban J connectivity index is 1.55. The third kappa shape index (κ3) is 6.13. The molecule has 0 radical (unpaired) electrons. The minimum Gasteiger partial charge on any atom is -0.496 e. The van der Waals surface area contributed by atoms with E-state index in [-0.39, 0.29) is 12.2 Å². The highest BCUT2D eigenvalue weighted by molar-refractivity contribution is 9.10. The molecule has 1 aliphatic heterocycles. The van der Waals surface area contributed by atoms with Crippen LogP contribution < -0.4 is 24.4 Å². The molecule has 216 valence electrons. The van der Waals surface area contributed by atoms with Gasteiger partial charge in [-0.3, -0.25) is 9.36 Å². The number of hydrogen-bond donors (Lipinski definition) is 0. The summed E-state index contributed by atoms with van der Waals surface area (Å²) in [6.45, 7) is 4.02. The number of ether oxygens (including phenoxy) is 3. The van der Waals surface area contributed by atoms with Gasteiger partial charge in [0, 0.05) is 10.6 Å². The van der Waals surface area contributed by atoms with Crippen LogP contribution in [0.25, 0.3) is 6.08 Å². The second-order valence-electron chi connectivity index (χ2n) is 9.27. The summed E-state index contributed by atoms with van der Waals surface area (Å²) in [4.78, 5) is 32.2. The van der Waals surface area contributed by atoms with Gasteiger partial charge in [-0.15, -0.1) is 0 Å². The first-order chi connectivity index (χ1) is 20.2. The number of nitrogens with zero attached hydrogens (tertiary/aromatic N) is 2. The lowest BCUT2D eigenvalue weighted by molar-refractivity contribution is -0.139. The normalized spacial score (nSPS) is 14.8. The van der Waals surface area contributed by atoms with Crippen molar-refractivity contribution in [1.82, 2.24) is 4.57 Å². The summed E-state index contributed by atoms with van der Waals surface area (Å²) in [5.41, 5.74) is 2.95. The summed E-state index contributed by atoms with van der Waals surface area (Å²) in [7, 11) is 1.58. The first kappa shape index (κ1) is 30.3. The van der Waals surface area contributed by atoms with Crippen LogP contribution in [0, 0.1) is 0 Å². The van der Waals surface area contributed by atoms with Gasteiger partial charge in [0.1, 0.15) is 18.1 Å². The van der Waals surface area contributed by atoms with E-state index in [0.29, 0.717) is 48.2 Å². The van der Waals surface area contributed by atoms with Crippen LogP contribution in [0.4, 0.5) is 0 Å². The number of methoxy groups -OCH3 is 1. The van der Waals surface area contributed by atoms with Crippen molar-refractivity contribution in [2.24, 2.45) is 4.99 Å². The van der Waals surface area contributed by atoms with Crippen LogP contribution in [0.5, 0.6) is 11.5 Å². The molecule has 0 saturated heterocycles. The summed E-state index contributed by atoms with van der Waals surface area (Å²) in [6.07, 6.45) is 1.80. The number of allylic oxidation sites excluding steroid dienone is 1. The Morgan fingerprint density at radius 1 is 1.10 bits per heavy atom. The van der Waals surface area contributed by atoms with Gasteiger partial charge in [-0.2, -0.15) is 0 Å². The molecule has 0 bridgehead atoms. The van der Waals surface area contributed by atoms with E-state index in [2.05, 4.69) is 36.9 Å². The first-order valence-corrected chi connectivity index (χ1v) is 15.7. The van der Waals surface area contributed by atoms with E-state index in [0.717, 1.165) is 21.2 Å². The molecule has 7 nitrogen and oxygen atoms in total. The highest BCUT2D eigenvalue weighted by Gasteiger charge is 2.33. The van der Waals surface area contributed by atoms with Crippen molar-refractivity contribution < 1.29 is 19.0 Å².